The number of benzene rings is 2. The monoisotopic (exact) mass is 340 g/mol. The summed E-state index contributed by atoms with van der Waals surface area (Å²) in [5.41, 5.74) is 7.24. The van der Waals surface area contributed by atoms with Crippen LogP contribution in [0.3, 0.4) is 0 Å². The normalized spacial score (nSPS) is 11.6. The molecule has 0 spiro atoms. The fourth-order valence-electron chi connectivity index (χ4n) is 1.86. The third-order valence-electron chi connectivity index (χ3n) is 3.02. The predicted octanol–water partition coefficient (Wildman–Crippen LogP) is 4.23. The van der Waals surface area contributed by atoms with Gasteiger partial charge in [-0.2, -0.15) is 5.10 Å². The maximum absolute atomic E-state index is 4.56. The molecule has 5 heteroatoms. The molecule has 1 N–H and O–H groups in total. The van der Waals surface area contributed by atoms with Crippen LogP contribution in [0.4, 0.5) is 5.69 Å². The molecule has 0 aliphatic carbocycles. The molecule has 1 aromatic heterocycles. The minimum atomic E-state index is 0.762. The number of nitrogens with one attached hydrogen (secondary N) is 1. The first kappa shape index (κ1) is 13.7. The van der Waals surface area contributed by atoms with Crippen molar-refractivity contribution in [3.05, 3.63) is 64.9 Å². The van der Waals surface area contributed by atoms with E-state index in [0.29, 0.717) is 0 Å². The summed E-state index contributed by atoms with van der Waals surface area (Å²) in [6, 6.07) is 15.6. The molecule has 0 amide bonds. The topological polar surface area (TPSA) is 50.2 Å². The lowest BCUT2D eigenvalue weighted by Crippen LogP contribution is -2.03. The molecule has 4 nitrogen and oxygen atoms in total. The number of anilines is 1. The van der Waals surface area contributed by atoms with Crippen LogP contribution in [0.25, 0.3) is 11.0 Å². The Bertz CT molecular complexity index is 797. The maximum atomic E-state index is 4.56. The van der Waals surface area contributed by atoms with Crippen LogP contribution < -0.4 is 5.43 Å². The molecular weight excluding hydrogens is 328 g/mol. The Hall–Kier alpha value is -2.27. The van der Waals surface area contributed by atoms with E-state index in [0.717, 1.165) is 32.6 Å². The lowest BCUT2D eigenvalue weighted by Gasteiger charge is -2.04. The molecule has 21 heavy (non-hydrogen) atoms. The number of para-hydroxylation sites is 2. The zero-order valence-corrected chi connectivity index (χ0v) is 13.0. The van der Waals surface area contributed by atoms with Crippen molar-refractivity contribution in [3.8, 4) is 0 Å². The van der Waals surface area contributed by atoms with E-state index in [1.165, 1.54) is 0 Å². The van der Waals surface area contributed by atoms with Gasteiger partial charge in [0.1, 0.15) is 5.69 Å². The van der Waals surface area contributed by atoms with E-state index in [-0.39, 0.29) is 0 Å². The average Bonchev–Trinajstić information content (AvgIpc) is 2.53. The van der Waals surface area contributed by atoms with Gasteiger partial charge >= 0.3 is 0 Å². The maximum Gasteiger partial charge on any atom is 0.105 e. The summed E-state index contributed by atoms with van der Waals surface area (Å²) in [7, 11) is 0. The molecule has 3 aromatic rings. The molecule has 104 valence electrons. The van der Waals surface area contributed by atoms with Crippen molar-refractivity contribution >= 4 is 38.4 Å². The molecule has 0 fully saturated rings. The molecule has 0 bridgehead atoms. The Morgan fingerprint density at radius 2 is 1.76 bits per heavy atom. The molecule has 0 unspecified atom stereocenters. The van der Waals surface area contributed by atoms with Crippen LogP contribution in [0.5, 0.6) is 0 Å². The Kier molecular flexibility index (Phi) is 3.92. The third kappa shape index (κ3) is 3.25. The van der Waals surface area contributed by atoms with Gasteiger partial charge in [-0.25, -0.2) is 4.98 Å². The van der Waals surface area contributed by atoms with Gasteiger partial charge in [0.2, 0.25) is 0 Å². The van der Waals surface area contributed by atoms with Gasteiger partial charge in [-0.1, -0.05) is 28.1 Å². The lowest BCUT2D eigenvalue weighted by atomic mass is 10.2. The molecule has 0 aliphatic heterocycles. The Morgan fingerprint density at radius 3 is 2.52 bits per heavy atom. The van der Waals surface area contributed by atoms with Crippen molar-refractivity contribution in [2.45, 2.75) is 6.92 Å². The molecule has 0 saturated heterocycles. The second-order valence-corrected chi connectivity index (χ2v) is 5.48. The van der Waals surface area contributed by atoms with Crippen LogP contribution >= 0.6 is 15.9 Å². The second-order valence-electron chi connectivity index (χ2n) is 4.56. The zero-order valence-electron chi connectivity index (χ0n) is 11.4. The highest BCUT2D eigenvalue weighted by atomic mass is 79.9. The molecule has 1 heterocycles. The summed E-state index contributed by atoms with van der Waals surface area (Å²) >= 11 is 3.40. The van der Waals surface area contributed by atoms with E-state index in [4.69, 9.17) is 0 Å². The molecule has 0 radical (unpaired) electrons. The molecule has 0 aliphatic rings. The summed E-state index contributed by atoms with van der Waals surface area (Å²) in [6.07, 6.45) is 1.74. The number of hydrazone groups is 1. The minimum Gasteiger partial charge on any atom is -0.278 e. The lowest BCUT2D eigenvalue weighted by molar-refractivity contribution is 1.23. The summed E-state index contributed by atoms with van der Waals surface area (Å²) in [5.74, 6) is 0. The van der Waals surface area contributed by atoms with Crippen LogP contribution in [-0.2, 0) is 0 Å². The Labute approximate surface area is 131 Å². The van der Waals surface area contributed by atoms with E-state index >= 15 is 0 Å². The van der Waals surface area contributed by atoms with Crippen molar-refractivity contribution in [3.63, 3.8) is 0 Å². The van der Waals surface area contributed by atoms with Crippen molar-refractivity contribution in [2.75, 3.05) is 5.43 Å². The van der Waals surface area contributed by atoms with Gasteiger partial charge in [0.05, 0.1) is 28.6 Å². The van der Waals surface area contributed by atoms with E-state index < -0.39 is 0 Å². The van der Waals surface area contributed by atoms with Gasteiger partial charge in [0.15, 0.2) is 0 Å². The first-order chi connectivity index (χ1) is 10.2. The number of fused-ring (bicyclic) bond motifs is 1. The molecule has 0 saturated carbocycles. The highest BCUT2D eigenvalue weighted by Gasteiger charge is 2.02. The summed E-state index contributed by atoms with van der Waals surface area (Å²) in [5, 5.41) is 4.35. The first-order valence-corrected chi connectivity index (χ1v) is 7.30. The van der Waals surface area contributed by atoms with Crippen LogP contribution in [0.2, 0.25) is 0 Å². The van der Waals surface area contributed by atoms with E-state index in [1.807, 2.05) is 55.5 Å². The van der Waals surface area contributed by atoms with E-state index in [1.54, 1.807) is 6.20 Å². The second kappa shape index (κ2) is 6.01. The smallest absolute Gasteiger partial charge is 0.105 e. The fraction of sp³-hybridized carbons (Fsp3) is 0.0625. The average molecular weight is 341 g/mol. The highest BCUT2D eigenvalue weighted by molar-refractivity contribution is 9.10. The van der Waals surface area contributed by atoms with Gasteiger partial charge in [-0.3, -0.25) is 10.4 Å². The van der Waals surface area contributed by atoms with Gasteiger partial charge in [-0.05, 0) is 43.3 Å². The molecule has 0 atom stereocenters. The predicted molar refractivity (Wildman–Crippen MR) is 89.5 cm³/mol. The van der Waals surface area contributed by atoms with Gasteiger partial charge in [-0.15, -0.1) is 0 Å². The highest BCUT2D eigenvalue weighted by Crippen LogP contribution is 2.14. The molecule has 2 aromatic carbocycles. The van der Waals surface area contributed by atoms with Crippen LogP contribution in [0.15, 0.2) is 64.3 Å². The summed E-state index contributed by atoms with van der Waals surface area (Å²) in [4.78, 5) is 8.95. The van der Waals surface area contributed by atoms with Gasteiger partial charge < -0.3 is 0 Å². The largest absolute Gasteiger partial charge is 0.278 e. The van der Waals surface area contributed by atoms with Crippen molar-refractivity contribution in [1.29, 1.82) is 0 Å². The van der Waals surface area contributed by atoms with E-state index in [9.17, 15) is 0 Å². The van der Waals surface area contributed by atoms with Crippen LogP contribution in [0, 0.1) is 0 Å². The molecule has 3 rings (SSSR count). The van der Waals surface area contributed by atoms with Crippen molar-refractivity contribution in [2.24, 2.45) is 5.10 Å². The number of aromatic nitrogens is 2. The minimum absolute atomic E-state index is 0.762. The van der Waals surface area contributed by atoms with Crippen molar-refractivity contribution in [1.82, 2.24) is 9.97 Å². The first-order valence-electron chi connectivity index (χ1n) is 6.50. The Balaban J connectivity index is 1.83. The number of halogens is 1. The third-order valence-corrected chi connectivity index (χ3v) is 3.54. The van der Waals surface area contributed by atoms with E-state index in [2.05, 4.69) is 36.4 Å². The summed E-state index contributed by atoms with van der Waals surface area (Å²) in [6.45, 7) is 1.91. The number of rotatable bonds is 3. The van der Waals surface area contributed by atoms with Gasteiger partial charge in [0.25, 0.3) is 0 Å². The zero-order chi connectivity index (χ0) is 14.7. The van der Waals surface area contributed by atoms with Crippen molar-refractivity contribution < 1.29 is 0 Å². The Morgan fingerprint density at radius 1 is 1.05 bits per heavy atom. The standard InChI is InChI=1S/C16H13BrN4/c1-11(20-21-13-8-6-12(17)7-9-13)16-10-18-14-4-2-3-5-15(14)19-16/h2-10,21H,1H3. The van der Waals surface area contributed by atoms with Crippen LogP contribution in [-0.4, -0.2) is 15.7 Å². The quantitative estimate of drug-likeness (QED) is 0.573. The SMILES string of the molecule is CC(=NNc1ccc(Br)cc1)c1cnc2ccccc2n1. The number of hydrogen-bond acceptors (Lipinski definition) is 4. The number of hydrogen-bond donors (Lipinski definition) is 1. The van der Waals surface area contributed by atoms with Gasteiger partial charge in [0, 0.05) is 4.47 Å². The van der Waals surface area contributed by atoms with Crippen LogP contribution in [0.1, 0.15) is 12.6 Å². The number of nitrogens with zero attached hydrogens (tertiary/aromatic N) is 3. The fourth-order valence-corrected chi connectivity index (χ4v) is 2.13. The summed E-state index contributed by atoms with van der Waals surface area (Å²) < 4.78 is 1.04. The molecular formula is C16H13BrN4.